The number of anilines is 1. The monoisotopic (exact) mass is 343 g/mol. The SMILES string of the molecule is Cc1csc(-c2cccc(NC(=O)NCCc3cccs3)c2)n1. The minimum Gasteiger partial charge on any atom is -0.338 e. The third-order valence-electron chi connectivity index (χ3n) is 3.22. The smallest absolute Gasteiger partial charge is 0.319 e. The molecule has 0 spiro atoms. The molecule has 2 heterocycles. The summed E-state index contributed by atoms with van der Waals surface area (Å²) in [5.41, 5.74) is 2.79. The van der Waals surface area contributed by atoms with Crippen molar-refractivity contribution in [3.8, 4) is 10.6 Å². The van der Waals surface area contributed by atoms with Gasteiger partial charge in [0.2, 0.25) is 0 Å². The number of rotatable bonds is 5. The van der Waals surface area contributed by atoms with Crippen LogP contribution in [0.5, 0.6) is 0 Å². The molecule has 23 heavy (non-hydrogen) atoms. The average molecular weight is 343 g/mol. The van der Waals surface area contributed by atoms with Gasteiger partial charge in [0, 0.05) is 33.7 Å². The molecular weight excluding hydrogens is 326 g/mol. The number of amides is 2. The summed E-state index contributed by atoms with van der Waals surface area (Å²) < 4.78 is 0. The van der Waals surface area contributed by atoms with Gasteiger partial charge in [-0.2, -0.15) is 0 Å². The molecule has 0 saturated heterocycles. The van der Waals surface area contributed by atoms with Crippen LogP contribution in [0.4, 0.5) is 10.5 Å². The van der Waals surface area contributed by atoms with Crippen molar-refractivity contribution in [3.05, 3.63) is 57.7 Å². The molecule has 3 aromatic rings. The van der Waals surface area contributed by atoms with Gasteiger partial charge in [-0.25, -0.2) is 9.78 Å². The number of urea groups is 1. The number of aryl methyl sites for hydroxylation is 1. The number of carbonyl (C=O) groups is 1. The number of benzene rings is 1. The second-order valence-corrected chi connectivity index (χ2v) is 6.98. The zero-order valence-electron chi connectivity index (χ0n) is 12.7. The molecule has 0 aliphatic heterocycles. The van der Waals surface area contributed by atoms with Crippen LogP contribution in [-0.4, -0.2) is 17.6 Å². The molecule has 0 fully saturated rings. The maximum atomic E-state index is 12.0. The lowest BCUT2D eigenvalue weighted by Gasteiger charge is -2.08. The molecule has 2 aromatic heterocycles. The van der Waals surface area contributed by atoms with Crippen molar-refractivity contribution in [1.29, 1.82) is 0 Å². The molecule has 2 amide bonds. The first-order valence-electron chi connectivity index (χ1n) is 7.30. The fourth-order valence-electron chi connectivity index (χ4n) is 2.15. The molecular formula is C17H17N3OS2. The molecule has 2 N–H and O–H groups in total. The molecule has 1 aromatic carbocycles. The molecule has 0 unspecified atom stereocenters. The van der Waals surface area contributed by atoms with Crippen molar-refractivity contribution in [2.75, 3.05) is 11.9 Å². The molecule has 0 saturated carbocycles. The van der Waals surface area contributed by atoms with Crippen LogP contribution in [0.3, 0.4) is 0 Å². The Morgan fingerprint density at radius 1 is 1.22 bits per heavy atom. The van der Waals surface area contributed by atoms with Gasteiger partial charge in [0.1, 0.15) is 5.01 Å². The second kappa shape index (κ2) is 7.39. The van der Waals surface area contributed by atoms with E-state index in [0.29, 0.717) is 6.54 Å². The molecule has 0 atom stereocenters. The fourth-order valence-corrected chi connectivity index (χ4v) is 3.65. The average Bonchev–Trinajstić information content (AvgIpc) is 3.19. The van der Waals surface area contributed by atoms with Gasteiger partial charge in [-0.15, -0.1) is 22.7 Å². The van der Waals surface area contributed by atoms with Crippen molar-refractivity contribution in [1.82, 2.24) is 10.3 Å². The van der Waals surface area contributed by atoms with E-state index in [1.165, 1.54) is 4.88 Å². The van der Waals surface area contributed by atoms with Crippen molar-refractivity contribution in [3.63, 3.8) is 0 Å². The van der Waals surface area contributed by atoms with Crippen LogP contribution >= 0.6 is 22.7 Å². The summed E-state index contributed by atoms with van der Waals surface area (Å²) in [5, 5.41) is 10.8. The predicted molar refractivity (Wildman–Crippen MR) is 97.3 cm³/mol. The van der Waals surface area contributed by atoms with Crippen molar-refractivity contribution < 1.29 is 4.79 Å². The van der Waals surface area contributed by atoms with Crippen LogP contribution in [0.1, 0.15) is 10.6 Å². The summed E-state index contributed by atoms with van der Waals surface area (Å²) in [6.45, 7) is 2.60. The first kappa shape index (κ1) is 15.7. The summed E-state index contributed by atoms with van der Waals surface area (Å²) in [6, 6.07) is 11.6. The zero-order valence-corrected chi connectivity index (χ0v) is 14.3. The van der Waals surface area contributed by atoms with Gasteiger partial charge in [-0.3, -0.25) is 0 Å². The topological polar surface area (TPSA) is 54.0 Å². The Balaban J connectivity index is 1.56. The van der Waals surface area contributed by atoms with Gasteiger partial charge in [0.25, 0.3) is 0 Å². The molecule has 0 aliphatic rings. The van der Waals surface area contributed by atoms with Crippen LogP contribution in [0, 0.1) is 6.92 Å². The van der Waals surface area contributed by atoms with Crippen LogP contribution in [0.15, 0.2) is 47.2 Å². The van der Waals surface area contributed by atoms with Crippen molar-refractivity contribution in [2.45, 2.75) is 13.3 Å². The molecule has 3 rings (SSSR count). The standard InChI is InChI=1S/C17H17N3OS2/c1-12-11-23-16(19-12)13-4-2-5-14(10-13)20-17(21)18-8-7-15-6-3-9-22-15/h2-6,9-11H,7-8H2,1H3,(H2,18,20,21). The van der Waals surface area contributed by atoms with Gasteiger partial charge >= 0.3 is 6.03 Å². The van der Waals surface area contributed by atoms with E-state index >= 15 is 0 Å². The van der Waals surface area contributed by atoms with Crippen LogP contribution in [-0.2, 0) is 6.42 Å². The Hall–Kier alpha value is -2.18. The molecule has 0 radical (unpaired) electrons. The van der Waals surface area contributed by atoms with Gasteiger partial charge < -0.3 is 10.6 Å². The fraction of sp³-hybridized carbons (Fsp3) is 0.176. The Morgan fingerprint density at radius 2 is 2.13 bits per heavy atom. The summed E-state index contributed by atoms with van der Waals surface area (Å²) in [4.78, 5) is 17.7. The second-order valence-electron chi connectivity index (χ2n) is 5.09. The Morgan fingerprint density at radius 3 is 2.87 bits per heavy atom. The summed E-state index contributed by atoms with van der Waals surface area (Å²) >= 11 is 3.31. The van der Waals surface area contributed by atoms with E-state index in [1.807, 2.05) is 48.0 Å². The number of nitrogens with zero attached hydrogens (tertiary/aromatic N) is 1. The molecule has 118 valence electrons. The Bertz CT molecular complexity index is 781. The van der Waals surface area contributed by atoms with Gasteiger partial charge in [-0.05, 0) is 36.9 Å². The normalized spacial score (nSPS) is 10.5. The predicted octanol–water partition coefficient (Wildman–Crippen LogP) is 4.54. The first-order chi connectivity index (χ1) is 11.2. The maximum Gasteiger partial charge on any atom is 0.319 e. The first-order valence-corrected chi connectivity index (χ1v) is 9.06. The van der Waals surface area contributed by atoms with E-state index in [2.05, 4.69) is 21.7 Å². The quantitative estimate of drug-likeness (QED) is 0.714. The molecule has 0 bridgehead atoms. The summed E-state index contributed by atoms with van der Waals surface area (Å²) in [5.74, 6) is 0. The van der Waals surface area contributed by atoms with E-state index in [1.54, 1.807) is 22.7 Å². The van der Waals surface area contributed by atoms with E-state index < -0.39 is 0 Å². The van der Waals surface area contributed by atoms with Gasteiger partial charge in [-0.1, -0.05) is 18.2 Å². The lowest BCUT2D eigenvalue weighted by atomic mass is 10.2. The number of carbonyl (C=O) groups excluding carboxylic acids is 1. The van der Waals surface area contributed by atoms with Crippen molar-refractivity contribution >= 4 is 34.4 Å². The summed E-state index contributed by atoms with van der Waals surface area (Å²) in [7, 11) is 0. The number of aromatic nitrogens is 1. The lowest BCUT2D eigenvalue weighted by Crippen LogP contribution is -2.30. The van der Waals surface area contributed by atoms with Crippen LogP contribution < -0.4 is 10.6 Å². The molecule has 6 heteroatoms. The van der Waals surface area contributed by atoms with Gasteiger partial charge in [0.15, 0.2) is 0 Å². The lowest BCUT2D eigenvalue weighted by molar-refractivity contribution is 0.252. The number of hydrogen-bond donors (Lipinski definition) is 2. The molecule has 0 aliphatic carbocycles. The molecule has 4 nitrogen and oxygen atoms in total. The summed E-state index contributed by atoms with van der Waals surface area (Å²) in [6.07, 6.45) is 0.851. The number of hydrogen-bond acceptors (Lipinski definition) is 4. The van der Waals surface area contributed by atoms with E-state index in [0.717, 1.165) is 28.4 Å². The largest absolute Gasteiger partial charge is 0.338 e. The van der Waals surface area contributed by atoms with Crippen molar-refractivity contribution in [2.24, 2.45) is 0 Å². The third kappa shape index (κ3) is 4.40. The van der Waals surface area contributed by atoms with Crippen LogP contribution in [0.25, 0.3) is 10.6 Å². The van der Waals surface area contributed by atoms with E-state index in [4.69, 9.17) is 0 Å². The van der Waals surface area contributed by atoms with Crippen LogP contribution in [0.2, 0.25) is 0 Å². The van der Waals surface area contributed by atoms with Gasteiger partial charge in [0.05, 0.1) is 0 Å². The third-order valence-corrected chi connectivity index (χ3v) is 5.17. The maximum absolute atomic E-state index is 12.0. The highest BCUT2D eigenvalue weighted by Gasteiger charge is 2.06. The minimum absolute atomic E-state index is 0.186. The highest BCUT2D eigenvalue weighted by molar-refractivity contribution is 7.13. The Kier molecular flexibility index (Phi) is 5.05. The number of nitrogens with one attached hydrogen (secondary N) is 2. The number of thiazole rings is 1. The minimum atomic E-state index is -0.186. The zero-order chi connectivity index (χ0) is 16.1. The highest BCUT2D eigenvalue weighted by atomic mass is 32.1. The number of thiophene rings is 1. The van der Waals surface area contributed by atoms with E-state index in [9.17, 15) is 4.79 Å². The van der Waals surface area contributed by atoms with E-state index in [-0.39, 0.29) is 6.03 Å². The highest BCUT2D eigenvalue weighted by Crippen LogP contribution is 2.25. The Labute approximate surface area is 143 Å².